The highest BCUT2D eigenvalue weighted by Gasteiger charge is 2.64. The Morgan fingerprint density at radius 2 is 1.81 bits per heavy atom. The summed E-state index contributed by atoms with van der Waals surface area (Å²) in [5.74, 6) is -0.912. The molecular weight excluding hydrogens is 382 g/mol. The van der Waals surface area contributed by atoms with Gasteiger partial charge in [0.2, 0.25) is 5.60 Å². The maximum absolute atomic E-state index is 12.8. The third-order valence-electron chi connectivity index (χ3n) is 4.18. The molecule has 2 fully saturated rings. The molecule has 0 aromatic rings. The molecule has 27 heavy (non-hydrogen) atoms. The van der Waals surface area contributed by atoms with E-state index >= 15 is 0 Å². The van der Waals surface area contributed by atoms with Crippen molar-refractivity contribution in [2.75, 3.05) is 13.2 Å². The van der Waals surface area contributed by atoms with E-state index in [1.165, 1.54) is 11.8 Å². The van der Waals surface area contributed by atoms with E-state index in [9.17, 15) is 18.0 Å². The summed E-state index contributed by atoms with van der Waals surface area (Å²) in [5.41, 5.74) is -3.87. The second kappa shape index (κ2) is 6.87. The largest absolute Gasteiger partial charge is 0.464 e. The number of carbonyl (C=O) groups excluding carboxylic acids is 2. The smallest absolute Gasteiger partial charge is 0.412 e. The maximum Gasteiger partial charge on any atom is 0.412 e. The van der Waals surface area contributed by atoms with Gasteiger partial charge in [-0.2, -0.15) is 8.42 Å². The number of rotatable bonds is 3. The van der Waals surface area contributed by atoms with Gasteiger partial charge in [-0.15, -0.1) is 0 Å². The van der Waals surface area contributed by atoms with E-state index in [1.54, 1.807) is 41.5 Å². The van der Waals surface area contributed by atoms with Crippen molar-refractivity contribution in [1.29, 1.82) is 0 Å². The molecule has 0 N–H and O–H groups in total. The first kappa shape index (κ1) is 21.9. The van der Waals surface area contributed by atoms with Crippen LogP contribution in [0.25, 0.3) is 0 Å². The van der Waals surface area contributed by atoms with Crippen molar-refractivity contribution in [1.82, 2.24) is 4.90 Å². The topological polar surface area (TPSA) is 118 Å². The second-order valence-corrected chi connectivity index (χ2v) is 9.19. The van der Waals surface area contributed by atoms with E-state index in [0.29, 0.717) is 0 Å². The Bertz CT molecular complexity index is 712. The molecule has 2 heterocycles. The van der Waals surface area contributed by atoms with Gasteiger partial charge in [0.1, 0.15) is 17.4 Å². The van der Waals surface area contributed by atoms with E-state index in [-0.39, 0.29) is 13.2 Å². The minimum absolute atomic E-state index is 0.0208. The minimum atomic E-state index is -4.46. The van der Waals surface area contributed by atoms with Crippen LogP contribution >= 0.6 is 0 Å². The molecule has 2 aliphatic heterocycles. The third kappa shape index (κ3) is 4.36. The Balaban J connectivity index is 2.43. The lowest BCUT2D eigenvalue weighted by molar-refractivity contribution is -0.164. The predicted octanol–water partition coefficient (Wildman–Crippen LogP) is 1.34. The molecule has 0 bridgehead atoms. The number of hydrogen-bond donors (Lipinski definition) is 0. The number of carbonyl (C=O) groups is 2. The minimum Gasteiger partial charge on any atom is -0.464 e. The molecule has 3 atom stereocenters. The van der Waals surface area contributed by atoms with Gasteiger partial charge in [-0.05, 0) is 48.5 Å². The average molecular weight is 409 g/mol. The second-order valence-electron chi connectivity index (χ2n) is 8.01. The molecule has 0 saturated carbocycles. The van der Waals surface area contributed by atoms with Crippen LogP contribution in [0, 0.1) is 0 Å². The van der Waals surface area contributed by atoms with Gasteiger partial charge in [0.15, 0.2) is 0 Å². The molecule has 2 saturated heterocycles. The van der Waals surface area contributed by atoms with Gasteiger partial charge < -0.3 is 14.2 Å². The van der Waals surface area contributed by atoms with E-state index < -0.39 is 51.5 Å². The van der Waals surface area contributed by atoms with Crippen LogP contribution in [-0.4, -0.2) is 67.7 Å². The fraction of sp³-hybridized carbons (Fsp3) is 0.875. The first-order chi connectivity index (χ1) is 12.1. The maximum atomic E-state index is 12.8. The Kier molecular flexibility index (Phi) is 5.56. The molecule has 0 aromatic carbocycles. The summed E-state index contributed by atoms with van der Waals surface area (Å²) in [4.78, 5) is 26.4. The summed E-state index contributed by atoms with van der Waals surface area (Å²) in [6, 6.07) is -0.957. The van der Waals surface area contributed by atoms with Crippen molar-refractivity contribution in [2.24, 2.45) is 0 Å². The Morgan fingerprint density at radius 1 is 1.22 bits per heavy atom. The zero-order valence-corrected chi connectivity index (χ0v) is 17.4. The summed E-state index contributed by atoms with van der Waals surface area (Å²) in [6.45, 7) is 11.1. The van der Waals surface area contributed by atoms with Gasteiger partial charge in [-0.25, -0.2) is 18.0 Å². The van der Waals surface area contributed by atoms with Crippen LogP contribution in [0.3, 0.4) is 0 Å². The van der Waals surface area contributed by atoms with Crippen LogP contribution in [-0.2, 0) is 37.8 Å². The lowest BCUT2D eigenvalue weighted by atomic mass is 9.92. The highest BCUT2D eigenvalue weighted by atomic mass is 32.3. The summed E-state index contributed by atoms with van der Waals surface area (Å²) in [6.07, 6.45) is -2.09. The van der Waals surface area contributed by atoms with Crippen LogP contribution in [0.4, 0.5) is 4.79 Å². The zero-order valence-electron chi connectivity index (χ0n) is 16.6. The number of ether oxygens (including phenoxy) is 3. The van der Waals surface area contributed by atoms with E-state index in [1.807, 2.05) is 0 Å². The highest BCUT2D eigenvalue weighted by molar-refractivity contribution is 7.82. The zero-order chi connectivity index (χ0) is 20.8. The van der Waals surface area contributed by atoms with Gasteiger partial charge in [0.25, 0.3) is 0 Å². The van der Waals surface area contributed by atoms with E-state index in [0.717, 1.165) is 0 Å². The van der Waals surface area contributed by atoms with Crippen LogP contribution in [0.1, 0.15) is 48.5 Å². The van der Waals surface area contributed by atoms with Gasteiger partial charge in [-0.3, -0.25) is 4.90 Å². The molecule has 2 rings (SSSR count). The molecule has 156 valence electrons. The first-order valence-electron chi connectivity index (χ1n) is 8.60. The fourth-order valence-corrected chi connectivity index (χ4v) is 4.27. The highest BCUT2D eigenvalue weighted by Crippen LogP contribution is 2.41. The molecular formula is C16H27NO9S. The van der Waals surface area contributed by atoms with Crippen molar-refractivity contribution >= 4 is 22.5 Å². The Morgan fingerprint density at radius 3 is 2.33 bits per heavy atom. The lowest BCUT2D eigenvalue weighted by Crippen LogP contribution is -2.59. The van der Waals surface area contributed by atoms with Crippen LogP contribution in [0.5, 0.6) is 0 Å². The standard InChI is InChI=1S/C16H27NO9S/c1-8-22-12(18)16(7)11(25-27(20,21)26-16)10-9-23-15(5,6)17(10)13(19)24-14(2,3)4/h10-11H,8-9H2,1-7H3/t10-,11-,16+/m1/s1. The molecule has 2 aliphatic rings. The monoisotopic (exact) mass is 409 g/mol. The average Bonchev–Trinajstić information content (AvgIpc) is 2.90. The molecule has 0 spiro atoms. The number of nitrogens with zero attached hydrogens (tertiary/aromatic N) is 1. The first-order valence-corrected chi connectivity index (χ1v) is 9.93. The van der Waals surface area contributed by atoms with Crippen LogP contribution < -0.4 is 0 Å². The summed E-state index contributed by atoms with van der Waals surface area (Å²) >= 11 is 0. The van der Waals surface area contributed by atoms with Gasteiger partial charge in [0, 0.05) is 0 Å². The summed E-state index contributed by atoms with van der Waals surface area (Å²) in [7, 11) is -4.46. The van der Waals surface area contributed by atoms with Gasteiger partial charge in [0.05, 0.1) is 19.3 Å². The van der Waals surface area contributed by atoms with Crippen LogP contribution in [0.2, 0.25) is 0 Å². The molecule has 0 radical (unpaired) electrons. The summed E-state index contributed by atoms with van der Waals surface area (Å²) in [5, 5.41) is 0. The predicted molar refractivity (Wildman–Crippen MR) is 91.8 cm³/mol. The van der Waals surface area contributed by atoms with Crippen LogP contribution in [0.15, 0.2) is 0 Å². The van der Waals surface area contributed by atoms with E-state index in [2.05, 4.69) is 0 Å². The molecule has 0 unspecified atom stereocenters. The number of esters is 1. The third-order valence-corrected chi connectivity index (χ3v) is 5.17. The normalized spacial score (nSPS) is 32.3. The Hall–Kier alpha value is -1.43. The molecule has 10 nitrogen and oxygen atoms in total. The quantitative estimate of drug-likeness (QED) is 0.636. The Labute approximate surface area is 159 Å². The van der Waals surface area contributed by atoms with Crippen molar-refractivity contribution in [3.8, 4) is 0 Å². The van der Waals surface area contributed by atoms with Gasteiger partial charge >= 0.3 is 22.5 Å². The molecule has 0 aromatic heterocycles. The van der Waals surface area contributed by atoms with Crippen molar-refractivity contribution in [3.05, 3.63) is 0 Å². The SMILES string of the molecule is CCOC(=O)[C@@]1(C)OS(=O)(=O)O[C@@H]1[C@H]1COC(C)(C)N1C(=O)OC(C)(C)C. The number of hydrogen-bond acceptors (Lipinski definition) is 9. The van der Waals surface area contributed by atoms with Crippen molar-refractivity contribution in [3.63, 3.8) is 0 Å². The van der Waals surface area contributed by atoms with E-state index in [4.69, 9.17) is 22.6 Å². The molecule has 11 heteroatoms. The fourth-order valence-electron chi connectivity index (χ4n) is 3.08. The summed E-state index contributed by atoms with van der Waals surface area (Å²) < 4.78 is 49.9. The van der Waals surface area contributed by atoms with Gasteiger partial charge in [-0.1, -0.05) is 0 Å². The molecule has 1 amide bonds. The van der Waals surface area contributed by atoms with Crippen molar-refractivity contribution in [2.45, 2.75) is 77.5 Å². The van der Waals surface area contributed by atoms with Crippen molar-refractivity contribution < 1.29 is 40.6 Å². The molecule has 0 aliphatic carbocycles. The lowest BCUT2D eigenvalue weighted by Gasteiger charge is -2.38. The number of amides is 1.